The van der Waals surface area contributed by atoms with E-state index in [1.165, 1.54) is 18.3 Å². The van der Waals surface area contributed by atoms with Crippen LogP contribution in [0.4, 0.5) is 11.4 Å². The predicted molar refractivity (Wildman–Crippen MR) is 118 cm³/mol. The molecule has 0 N–H and O–H groups in total. The zero-order valence-electron chi connectivity index (χ0n) is 16.8. The zero-order chi connectivity index (χ0) is 23.0. The third kappa shape index (κ3) is 3.71. The first-order valence-electron chi connectivity index (χ1n) is 9.51. The van der Waals surface area contributed by atoms with Crippen LogP contribution in [0.3, 0.4) is 0 Å². The van der Waals surface area contributed by atoms with Gasteiger partial charge in [0.15, 0.2) is 0 Å². The first-order chi connectivity index (χ1) is 15.2. The molecule has 0 aliphatic carbocycles. The molecule has 0 aliphatic heterocycles. The van der Waals surface area contributed by atoms with Gasteiger partial charge in [-0.25, -0.2) is 12.4 Å². The van der Waals surface area contributed by atoms with Crippen LogP contribution in [0.15, 0.2) is 77.8 Å². The maximum atomic E-state index is 13.4. The Morgan fingerprint density at radius 3 is 2.16 bits per heavy atom. The Kier molecular flexibility index (Phi) is 5.23. The van der Waals surface area contributed by atoms with Crippen molar-refractivity contribution < 1.29 is 18.3 Å². The highest BCUT2D eigenvalue weighted by molar-refractivity contribution is 7.90. The van der Waals surface area contributed by atoms with Crippen LogP contribution in [0, 0.1) is 27.2 Å². The van der Waals surface area contributed by atoms with Crippen molar-refractivity contribution in [3.05, 3.63) is 110 Å². The number of aryl methyl sites for hydroxylation is 1. The topological polar surface area (TPSA) is 125 Å². The van der Waals surface area contributed by atoms with Crippen molar-refractivity contribution in [2.75, 3.05) is 0 Å². The van der Waals surface area contributed by atoms with Crippen molar-refractivity contribution in [2.24, 2.45) is 0 Å². The van der Waals surface area contributed by atoms with E-state index in [2.05, 4.69) is 0 Å². The fourth-order valence-electron chi connectivity index (χ4n) is 3.60. The molecule has 0 bridgehead atoms. The summed E-state index contributed by atoms with van der Waals surface area (Å²) < 4.78 is 27.7. The lowest BCUT2D eigenvalue weighted by Gasteiger charge is -2.08. The maximum Gasteiger partial charge on any atom is 0.285 e. The Bertz CT molecular complexity index is 1460. The molecule has 1 aromatic heterocycles. The monoisotopic (exact) mass is 451 g/mol. The summed E-state index contributed by atoms with van der Waals surface area (Å²) in [6.07, 6.45) is 1.52. The van der Waals surface area contributed by atoms with Crippen molar-refractivity contribution >= 4 is 32.3 Å². The summed E-state index contributed by atoms with van der Waals surface area (Å²) in [5.74, 6) is 0. The number of fused-ring (bicyclic) bond motifs is 1. The van der Waals surface area contributed by atoms with Gasteiger partial charge in [0.25, 0.3) is 21.4 Å². The number of hydrogen-bond donors (Lipinski definition) is 0. The number of hydrogen-bond acceptors (Lipinski definition) is 6. The van der Waals surface area contributed by atoms with Crippen LogP contribution in [0.1, 0.15) is 16.7 Å². The second-order valence-corrected chi connectivity index (χ2v) is 9.12. The highest BCUT2D eigenvalue weighted by Gasteiger charge is 2.29. The van der Waals surface area contributed by atoms with Gasteiger partial charge in [-0.3, -0.25) is 20.2 Å². The third-order valence-electron chi connectivity index (χ3n) is 5.14. The van der Waals surface area contributed by atoms with E-state index in [1.807, 2.05) is 25.1 Å². The lowest BCUT2D eigenvalue weighted by molar-refractivity contribution is -0.393. The fraction of sp³-hybridized carbons (Fsp3) is 0.0909. The molecule has 1 heterocycles. The molecule has 162 valence electrons. The molecule has 32 heavy (non-hydrogen) atoms. The van der Waals surface area contributed by atoms with Gasteiger partial charge in [-0.15, -0.1) is 0 Å². The van der Waals surface area contributed by atoms with Crippen LogP contribution in [0.25, 0.3) is 10.9 Å². The molecule has 0 amide bonds. The average molecular weight is 451 g/mol. The molecule has 0 fully saturated rings. The number of benzene rings is 3. The summed E-state index contributed by atoms with van der Waals surface area (Å²) in [5, 5.41) is 23.3. The zero-order valence-corrected chi connectivity index (χ0v) is 17.7. The SMILES string of the molecule is Cc1ccc(S(=O)(=O)n2cc(Cc3ccccc3)c3c([N+](=O)[O-])cc([N+](=O)[O-])cc32)cc1. The number of nitrogens with zero attached hydrogens (tertiary/aromatic N) is 3. The minimum atomic E-state index is -4.17. The summed E-state index contributed by atoms with van der Waals surface area (Å²) in [7, 11) is -4.17. The molecule has 0 aliphatic rings. The van der Waals surface area contributed by atoms with Crippen LogP contribution < -0.4 is 0 Å². The van der Waals surface area contributed by atoms with Crippen molar-refractivity contribution in [3.8, 4) is 0 Å². The fourth-order valence-corrected chi connectivity index (χ4v) is 4.97. The van der Waals surface area contributed by atoms with E-state index in [4.69, 9.17) is 0 Å². The van der Waals surface area contributed by atoms with E-state index in [0.29, 0.717) is 5.56 Å². The van der Waals surface area contributed by atoms with Gasteiger partial charge in [-0.2, -0.15) is 0 Å². The second kappa shape index (κ2) is 7.89. The Morgan fingerprint density at radius 2 is 1.56 bits per heavy atom. The predicted octanol–water partition coefficient (Wildman–Crippen LogP) is 4.59. The van der Waals surface area contributed by atoms with E-state index in [1.54, 1.807) is 24.3 Å². The molecule has 3 aromatic carbocycles. The Hall–Kier alpha value is -4.05. The van der Waals surface area contributed by atoms with E-state index in [0.717, 1.165) is 27.2 Å². The first-order valence-corrected chi connectivity index (χ1v) is 11.0. The van der Waals surface area contributed by atoms with Gasteiger partial charge in [-0.05, 0) is 36.6 Å². The summed E-state index contributed by atoms with van der Waals surface area (Å²) in [6.45, 7) is 1.81. The van der Waals surface area contributed by atoms with E-state index in [-0.39, 0.29) is 22.2 Å². The van der Waals surface area contributed by atoms with Gasteiger partial charge in [0.05, 0.1) is 31.7 Å². The maximum absolute atomic E-state index is 13.4. The Morgan fingerprint density at radius 1 is 0.906 bits per heavy atom. The van der Waals surface area contributed by atoms with Crippen LogP contribution in [-0.2, 0) is 16.4 Å². The average Bonchev–Trinajstić information content (AvgIpc) is 3.13. The quantitative estimate of drug-likeness (QED) is 0.312. The molecule has 0 saturated carbocycles. The normalized spacial score (nSPS) is 11.5. The lowest BCUT2D eigenvalue weighted by Crippen LogP contribution is -2.12. The smallest absolute Gasteiger partial charge is 0.258 e. The summed E-state index contributed by atoms with van der Waals surface area (Å²) in [6, 6.07) is 17.1. The largest absolute Gasteiger partial charge is 0.285 e. The van der Waals surface area contributed by atoms with Crippen molar-refractivity contribution in [1.82, 2.24) is 3.97 Å². The van der Waals surface area contributed by atoms with Gasteiger partial charge in [-0.1, -0.05) is 48.0 Å². The summed E-state index contributed by atoms with van der Waals surface area (Å²) >= 11 is 0. The van der Waals surface area contributed by atoms with Crippen LogP contribution >= 0.6 is 0 Å². The Balaban J connectivity index is 2.05. The molecule has 10 heteroatoms. The van der Waals surface area contributed by atoms with E-state index >= 15 is 0 Å². The number of nitro groups is 2. The van der Waals surface area contributed by atoms with E-state index in [9.17, 15) is 28.6 Å². The molecule has 0 saturated heterocycles. The molecular formula is C22H17N3O6S. The van der Waals surface area contributed by atoms with Crippen LogP contribution in [0.5, 0.6) is 0 Å². The highest BCUT2D eigenvalue weighted by atomic mass is 32.2. The van der Waals surface area contributed by atoms with Gasteiger partial charge in [0, 0.05) is 12.3 Å². The molecule has 0 spiro atoms. The molecule has 4 aromatic rings. The number of aromatic nitrogens is 1. The van der Waals surface area contributed by atoms with Crippen molar-refractivity contribution in [2.45, 2.75) is 18.2 Å². The van der Waals surface area contributed by atoms with Gasteiger partial charge in [0.2, 0.25) is 0 Å². The summed E-state index contributed by atoms with van der Waals surface area (Å²) in [5.41, 5.74) is 0.858. The number of nitro benzene ring substituents is 2. The lowest BCUT2D eigenvalue weighted by atomic mass is 10.0. The standard InChI is InChI=1S/C22H17N3O6S/c1-15-7-9-19(10-8-15)32(30,31)23-14-17(11-16-5-3-2-4-6-16)22-20(23)12-18(24(26)27)13-21(22)25(28)29/h2-10,12-14H,11H2,1H3. The van der Waals surface area contributed by atoms with Gasteiger partial charge >= 0.3 is 0 Å². The van der Waals surface area contributed by atoms with E-state index < -0.39 is 31.2 Å². The van der Waals surface area contributed by atoms with Crippen LogP contribution in [-0.4, -0.2) is 22.2 Å². The van der Waals surface area contributed by atoms with Gasteiger partial charge in [0.1, 0.15) is 0 Å². The molecule has 0 atom stereocenters. The summed E-state index contributed by atoms with van der Waals surface area (Å²) in [4.78, 5) is 21.7. The minimum absolute atomic E-state index is 0.0274. The Labute approximate surface area is 182 Å². The molecule has 0 radical (unpaired) electrons. The molecule has 0 unspecified atom stereocenters. The van der Waals surface area contributed by atoms with Crippen molar-refractivity contribution in [1.29, 1.82) is 0 Å². The molecule has 9 nitrogen and oxygen atoms in total. The number of non-ortho nitro benzene ring substituents is 2. The second-order valence-electron chi connectivity index (χ2n) is 7.30. The number of rotatable bonds is 6. The van der Waals surface area contributed by atoms with Crippen molar-refractivity contribution in [3.63, 3.8) is 0 Å². The third-order valence-corrected chi connectivity index (χ3v) is 6.82. The molecule has 4 rings (SSSR count). The molecular weight excluding hydrogens is 434 g/mol. The highest BCUT2D eigenvalue weighted by Crippen LogP contribution is 2.37. The first kappa shape index (κ1) is 21.2. The van der Waals surface area contributed by atoms with Gasteiger partial charge < -0.3 is 0 Å². The van der Waals surface area contributed by atoms with Crippen LogP contribution in [0.2, 0.25) is 0 Å². The minimum Gasteiger partial charge on any atom is -0.258 e.